The summed E-state index contributed by atoms with van der Waals surface area (Å²) in [7, 11) is 3.79. The van der Waals surface area contributed by atoms with Crippen molar-refractivity contribution in [1.82, 2.24) is 10.2 Å². The predicted octanol–water partition coefficient (Wildman–Crippen LogP) is 2.93. The molecule has 1 aliphatic rings. The molecule has 1 saturated carbocycles. The Morgan fingerprint density at radius 2 is 1.86 bits per heavy atom. The number of nitrogens with one attached hydrogen (secondary N) is 1. The third-order valence-corrected chi connectivity index (χ3v) is 3.62. The number of benzene rings is 1. The second-order valence-electron chi connectivity index (χ2n) is 5.81. The van der Waals surface area contributed by atoms with E-state index in [0.717, 1.165) is 30.5 Å². The second-order valence-corrected chi connectivity index (χ2v) is 5.81. The van der Waals surface area contributed by atoms with Gasteiger partial charge in [0, 0.05) is 12.6 Å². The molecule has 6 heteroatoms. The summed E-state index contributed by atoms with van der Waals surface area (Å²) in [4.78, 5) is 13.8. The molecule has 0 radical (unpaired) electrons. The van der Waals surface area contributed by atoms with E-state index in [1.54, 1.807) is 6.08 Å². The topological polar surface area (TPSA) is 32.3 Å². The summed E-state index contributed by atoms with van der Waals surface area (Å²) in [6, 6.07) is 5.01. The first-order valence-electron chi connectivity index (χ1n) is 7.04. The van der Waals surface area contributed by atoms with E-state index >= 15 is 0 Å². The lowest BCUT2D eigenvalue weighted by Crippen LogP contribution is -2.33. The highest BCUT2D eigenvalue weighted by molar-refractivity contribution is 5.88. The smallest absolute Gasteiger partial charge is 0.343 e. The first-order valence-corrected chi connectivity index (χ1v) is 7.04. The molecule has 0 spiro atoms. The Balaban J connectivity index is 2.02. The average molecular weight is 312 g/mol. The van der Waals surface area contributed by atoms with Gasteiger partial charge in [-0.25, -0.2) is 0 Å². The molecule has 2 rings (SSSR count). The molecule has 1 N–H and O–H groups in total. The van der Waals surface area contributed by atoms with Gasteiger partial charge < -0.3 is 10.2 Å². The highest BCUT2D eigenvalue weighted by Crippen LogP contribution is 2.46. The molecule has 1 aliphatic carbocycles. The second kappa shape index (κ2) is 6.12. The van der Waals surface area contributed by atoms with Gasteiger partial charge >= 0.3 is 6.18 Å². The van der Waals surface area contributed by atoms with Crippen molar-refractivity contribution in [2.24, 2.45) is 0 Å². The van der Waals surface area contributed by atoms with Crippen molar-refractivity contribution < 1.29 is 18.0 Å². The van der Waals surface area contributed by atoms with Gasteiger partial charge in [-0.05, 0) is 44.6 Å². The van der Waals surface area contributed by atoms with Gasteiger partial charge in [0.05, 0.1) is 11.1 Å². The van der Waals surface area contributed by atoms with Crippen LogP contribution in [0.4, 0.5) is 13.2 Å². The molecule has 0 aliphatic heterocycles. The molecule has 22 heavy (non-hydrogen) atoms. The lowest BCUT2D eigenvalue weighted by molar-refractivity contribution is -0.137. The number of rotatable bonds is 5. The van der Waals surface area contributed by atoms with Crippen molar-refractivity contribution in [1.29, 1.82) is 0 Å². The number of carbonyl (C=O) groups is 1. The molecule has 0 heterocycles. The summed E-state index contributed by atoms with van der Waals surface area (Å²) in [5.74, 6) is -0.223. The van der Waals surface area contributed by atoms with Crippen LogP contribution in [-0.4, -0.2) is 31.4 Å². The standard InChI is InChI=1S/C16H19F3N2O/c1-21(2)11-3-4-14(22)20-15(9-10-15)12-5-7-13(8-6-12)16(17,18)19/h3-8H,9-11H2,1-2H3,(H,20,22)/b4-3+. The quantitative estimate of drug-likeness (QED) is 0.848. The predicted molar refractivity (Wildman–Crippen MR) is 78.2 cm³/mol. The normalized spacial score (nSPS) is 17.0. The van der Waals surface area contributed by atoms with E-state index in [2.05, 4.69) is 5.32 Å². The molecule has 1 fully saturated rings. The van der Waals surface area contributed by atoms with E-state index in [-0.39, 0.29) is 5.91 Å². The number of halogens is 3. The van der Waals surface area contributed by atoms with Crippen LogP contribution in [0, 0.1) is 0 Å². The molecule has 0 saturated heterocycles. The minimum Gasteiger partial charge on any atom is -0.343 e. The van der Waals surface area contributed by atoms with Gasteiger partial charge in [-0.3, -0.25) is 4.79 Å². The van der Waals surface area contributed by atoms with E-state index in [0.29, 0.717) is 6.54 Å². The summed E-state index contributed by atoms with van der Waals surface area (Å²) in [5, 5.41) is 2.89. The molecule has 120 valence electrons. The highest BCUT2D eigenvalue weighted by Gasteiger charge is 2.45. The van der Waals surface area contributed by atoms with Crippen LogP contribution in [0.5, 0.6) is 0 Å². The molecule has 0 aromatic heterocycles. The molecular weight excluding hydrogens is 293 g/mol. The van der Waals surface area contributed by atoms with E-state index in [4.69, 9.17) is 0 Å². The maximum absolute atomic E-state index is 12.6. The summed E-state index contributed by atoms with van der Waals surface area (Å²) in [6.45, 7) is 0.653. The number of carbonyl (C=O) groups excluding carboxylic acids is 1. The summed E-state index contributed by atoms with van der Waals surface area (Å²) in [6.07, 6.45) is 0.354. The zero-order valence-corrected chi connectivity index (χ0v) is 12.6. The van der Waals surface area contributed by atoms with Crippen LogP contribution in [-0.2, 0) is 16.5 Å². The third kappa shape index (κ3) is 4.10. The molecule has 0 bridgehead atoms. The van der Waals surface area contributed by atoms with Crippen LogP contribution >= 0.6 is 0 Å². The van der Waals surface area contributed by atoms with Gasteiger partial charge in [0.15, 0.2) is 0 Å². The van der Waals surface area contributed by atoms with Gasteiger partial charge in [-0.2, -0.15) is 13.2 Å². The number of alkyl halides is 3. The first-order chi connectivity index (χ1) is 10.2. The number of amides is 1. The molecular formula is C16H19F3N2O. The molecule has 1 aromatic rings. The van der Waals surface area contributed by atoms with Gasteiger partial charge in [-0.1, -0.05) is 18.2 Å². The Morgan fingerprint density at radius 3 is 2.32 bits per heavy atom. The van der Waals surface area contributed by atoms with Gasteiger partial charge in [0.25, 0.3) is 0 Å². The molecule has 1 aromatic carbocycles. The van der Waals surface area contributed by atoms with Gasteiger partial charge in [0.2, 0.25) is 5.91 Å². The lowest BCUT2D eigenvalue weighted by Gasteiger charge is -2.18. The van der Waals surface area contributed by atoms with Crippen LogP contribution in [0.1, 0.15) is 24.0 Å². The molecule has 1 amide bonds. The van der Waals surface area contributed by atoms with Gasteiger partial charge in [-0.15, -0.1) is 0 Å². The molecule has 0 unspecified atom stereocenters. The number of nitrogens with zero attached hydrogens (tertiary/aromatic N) is 1. The first kappa shape index (κ1) is 16.5. The Morgan fingerprint density at radius 1 is 1.27 bits per heavy atom. The Labute approximate surface area is 127 Å². The third-order valence-electron chi connectivity index (χ3n) is 3.62. The monoisotopic (exact) mass is 312 g/mol. The number of hydrogen-bond donors (Lipinski definition) is 1. The Kier molecular flexibility index (Phi) is 4.60. The van der Waals surface area contributed by atoms with Crippen molar-refractivity contribution in [2.45, 2.75) is 24.6 Å². The zero-order chi connectivity index (χ0) is 16.4. The van der Waals surface area contributed by atoms with Gasteiger partial charge in [0.1, 0.15) is 0 Å². The minimum atomic E-state index is -4.34. The van der Waals surface area contributed by atoms with E-state index in [1.807, 2.05) is 19.0 Å². The average Bonchev–Trinajstić information content (AvgIpc) is 3.18. The van der Waals surface area contributed by atoms with Crippen LogP contribution in [0.2, 0.25) is 0 Å². The lowest BCUT2D eigenvalue weighted by atomic mass is 10.0. The minimum absolute atomic E-state index is 0.223. The van der Waals surface area contributed by atoms with Crippen LogP contribution in [0.3, 0.4) is 0 Å². The van der Waals surface area contributed by atoms with Crippen LogP contribution in [0.25, 0.3) is 0 Å². The highest BCUT2D eigenvalue weighted by atomic mass is 19.4. The molecule has 3 nitrogen and oxygen atoms in total. The Hall–Kier alpha value is -1.82. The SMILES string of the molecule is CN(C)C/C=C/C(=O)NC1(c2ccc(C(F)(F)F)cc2)CC1. The van der Waals surface area contributed by atoms with Crippen LogP contribution < -0.4 is 5.32 Å². The van der Waals surface area contributed by atoms with E-state index in [1.165, 1.54) is 18.2 Å². The summed E-state index contributed by atoms with van der Waals surface area (Å²) >= 11 is 0. The van der Waals surface area contributed by atoms with E-state index < -0.39 is 17.3 Å². The number of likely N-dealkylation sites (N-methyl/N-ethyl adjacent to an activating group) is 1. The number of hydrogen-bond acceptors (Lipinski definition) is 2. The van der Waals surface area contributed by atoms with Crippen molar-refractivity contribution in [3.8, 4) is 0 Å². The zero-order valence-electron chi connectivity index (χ0n) is 12.6. The van der Waals surface area contributed by atoms with Crippen molar-refractivity contribution in [3.05, 3.63) is 47.5 Å². The fourth-order valence-corrected chi connectivity index (χ4v) is 2.24. The van der Waals surface area contributed by atoms with Crippen LogP contribution in [0.15, 0.2) is 36.4 Å². The maximum Gasteiger partial charge on any atom is 0.416 e. The van der Waals surface area contributed by atoms with E-state index in [9.17, 15) is 18.0 Å². The van der Waals surface area contributed by atoms with Crippen molar-refractivity contribution >= 4 is 5.91 Å². The van der Waals surface area contributed by atoms with Crippen molar-refractivity contribution in [2.75, 3.05) is 20.6 Å². The maximum atomic E-state index is 12.6. The van der Waals surface area contributed by atoms with Crippen molar-refractivity contribution in [3.63, 3.8) is 0 Å². The molecule has 0 atom stereocenters. The largest absolute Gasteiger partial charge is 0.416 e. The summed E-state index contributed by atoms with van der Waals surface area (Å²) in [5.41, 5.74) is -0.469. The Bertz CT molecular complexity index is 558. The summed E-state index contributed by atoms with van der Waals surface area (Å²) < 4.78 is 37.7. The fraction of sp³-hybridized carbons (Fsp3) is 0.438. The fourth-order valence-electron chi connectivity index (χ4n) is 2.24.